The van der Waals surface area contributed by atoms with Crippen molar-refractivity contribution in [2.75, 3.05) is 14.2 Å². The molecule has 0 heterocycles. The predicted octanol–water partition coefficient (Wildman–Crippen LogP) is 3.27. The monoisotopic (exact) mass is 283 g/mol. The second-order valence-electron chi connectivity index (χ2n) is 3.92. The Labute approximate surface area is 104 Å². The molecule has 0 fully saturated rings. The molecule has 0 radical (unpaired) electrons. The zero-order valence-corrected chi connectivity index (χ0v) is 11.4. The number of hydrogen-bond donors (Lipinski definition) is 0. The summed E-state index contributed by atoms with van der Waals surface area (Å²) >= 11 is 3.45. The van der Waals surface area contributed by atoms with Gasteiger partial charge in [-0.1, -0.05) is 15.9 Å². The van der Waals surface area contributed by atoms with Crippen molar-refractivity contribution in [1.82, 2.24) is 0 Å². The van der Waals surface area contributed by atoms with Gasteiger partial charge >= 0.3 is 0 Å². The first-order valence-corrected chi connectivity index (χ1v) is 5.59. The number of methoxy groups -OCH3 is 2. The minimum atomic E-state index is -0.615. The van der Waals surface area contributed by atoms with Gasteiger partial charge in [-0.3, -0.25) is 0 Å². The summed E-state index contributed by atoms with van der Waals surface area (Å²) in [6.07, 6.45) is 0. The minimum absolute atomic E-state index is 0.615. The van der Waals surface area contributed by atoms with E-state index in [-0.39, 0.29) is 0 Å². The number of ether oxygens (including phenoxy) is 2. The van der Waals surface area contributed by atoms with Crippen LogP contribution in [-0.4, -0.2) is 14.2 Å². The summed E-state index contributed by atoms with van der Waals surface area (Å²) in [5, 5.41) is 9.16. The Balaban J connectivity index is 3.45. The van der Waals surface area contributed by atoms with Gasteiger partial charge in [0.2, 0.25) is 0 Å². The van der Waals surface area contributed by atoms with E-state index in [1.54, 1.807) is 20.3 Å². The van der Waals surface area contributed by atoms with Crippen LogP contribution >= 0.6 is 15.9 Å². The van der Waals surface area contributed by atoms with E-state index in [9.17, 15) is 0 Å². The van der Waals surface area contributed by atoms with Gasteiger partial charge < -0.3 is 9.47 Å². The standard InChI is InChI=1S/C12H14BrNO2/c1-12(2,7-14)11-9(13)5-8(15-3)6-10(11)16-4/h5-6H,1-4H3. The van der Waals surface area contributed by atoms with Crippen molar-refractivity contribution in [3.63, 3.8) is 0 Å². The summed E-state index contributed by atoms with van der Waals surface area (Å²) < 4.78 is 11.3. The van der Waals surface area contributed by atoms with Gasteiger partial charge in [0.15, 0.2) is 0 Å². The van der Waals surface area contributed by atoms with Gasteiger partial charge in [0.25, 0.3) is 0 Å². The molecular weight excluding hydrogens is 270 g/mol. The molecule has 0 aliphatic rings. The summed E-state index contributed by atoms with van der Waals surface area (Å²) in [5.41, 5.74) is 0.217. The zero-order chi connectivity index (χ0) is 12.3. The molecule has 0 aliphatic heterocycles. The summed E-state index contributed by atoms with van der Waals surface area (Å²) in [4.78, 5) is 0. The fourth-order valence-corrected chi connectivity index (χ4v) is 2.42. The van der Waals surface area contributed by atoms with Gasteiger partial charge in [0, 0.05) is 16.1 Å². The predicted molar refractivity (Wildman–Crippen MR) is 65.9 cm³/mol. The lowest BCUT2D eigenvalue weighted by molar-refractivity contribution is 0.385. The fraction of sp³-hybridized carbons (Fsp3) is 0.417. The molecule has 0 aromatic heterocycles. The molecule has 0 bridgehead atoms. The topological polar surface area (TPSA) is 42.2 Å². The van der Waals surface area contributed by atoms with E-state index in [1.807, 2.05) is 19.9 Å². The Hall–Kier alpha value is -1.21. The van der Waals surface area contributed by atoms with E-state index in [2.05, 4.69) is 22.0 Å². The molecule has 0 aliphatic carbocycles. The molecule has 0 saturated heterocycles. The Bertz CT molecular complexity index is 435. The molecule has 1 rings (SSSR count). The second kappa shape index (κ2) is 4.75. The second-order valence-corrected chi connectivity index (χ2v) is 4.78. The molecule has 4 heteroatoms. The van der Waals surface area contributed by atoms with Gasteiger partial charge in [-0.2, -0.15) is 5.26 Å². The molecule has 0 unspecified atom stereocenters. The largest absolute Gasteiger partial charge is 0.497 e. The van der Waals surface area contributed by atoms with Crippen LogP contribution in [0.5, 0.6) is 11.5 Å². The van der Waals surface area contributed by atoms with Crippen LogP contribution in [0.4, 0.5) is 0 Å². The highest BCUT2D eigenvalue weighted by molar-refractivity contribution is 9.10. The lowest BCUT2D eigenvalue weighted by Gasteiger charge is -2.21. The van der Waals surface area contributed by atoms with Crippen molar-refractivity contribution in [3.05, 3.63) is 22.2 Å². The Morgan fingerprint density at radius 3 is 2.31 bits per heavy atom. The van der Waals surface area contributed by atoms with E-state index in [0.29, 0.717) is 11.5 Å². The fourth-order valence-electron chi connectivity index (χ4n) is 1.50. The van der Waals surface area contributed by atoms with Crippen molar-refractivity contribution in [3.8, 4) is 17.6 Å². The first kappa shape index (κ1) is 12.9. The molecule has 86 valence electrons. The first-order chi connectivity index (χ1) is 7.46. The number of nitrogens with zero attached hydrogens (tertiary/aromatic N) is 1. The molecule has 0 N–H and O–H groups in total. The smallest absolute Gasteiger partial charge is 0.128 e. The van der Waals surface area contributed by atoms with Crippen LogP contribution in [-0.2, 0) is 5.41 Å². The van der Waals surface area contributed by atoms with Gasteiger partial charge in [-0.25, -0.2) is 0 Å². The average Bonchev–Trinajstić information content (AvgIpc) is 2.27. The normalized spacial score (nSPS) is 10.8. The summed E-state index contributed by atoms with van der Waals surface area (Å²) in [5.74, 6) is 1.35. The maximum absolute atomic E-state index is 9.16. The average molecular weight is 284 g/mol. The molecule has 3 nitrogen and oxygen atoms in total. The molecule has 1 aromatic carbocycles. The van der Waals surface area contributed by atoms with E-state index in [4.69, 9.17) is 14.7 Å². The van der Waals surface area contributed by atoms with E-state index in [1.165, 1.54) is 0 Å². The molecule has 1 aromatic rings. The summed E-state index contributed by atoms with van der Waals surface area (Å²) in [6.45, 7) is 3.70. The molecule has 0 amide bonds. The quantitative estimate of drug-likeness (QED) is 0.855. The third kappa shape index (κ3) is 2.30. The van der Waals surface area contributed by atoms with Crippen LogP contribution < -0.4 is 9.47 Å². The van der Waals surface area contributed by atoms with E-state index >= 15 is 0 Å². The Morgan fingerprint density at radius 1 is 1.25 bits per heavy atom. The maximum Gasteiger partial charge on any atom is 0.128 e. The molecular formula is C12H14BrNO2. The third-order valence-corrected chi connectivity index (χ3v) is 3.01. The van der Waals surface area contributed by atoms with Crippen molar-refractivity contribution in [1.29, 1.82) is 5.26 Å². The van der Waals surface area contributed by atoms with Crippen LogP contribution in [0.25, 0.3) is 0 Å². The number of halogens is 1. The minimum Gasteiger partial charge on any atom is -0.497 e. The van der Waals surface area contributed by atoms with Crippen molar-refractivity contribution >= 4 is 15.9 Å². The Kier molecular flexibility index (Phi) is 3.82. The third-order valence-electron chi connectivity index (χ3n) is 2.39. The molecule has 0 atom stereocenters. The van der Waals surface area contributed by atoms with Gasteiger partial charge in [-0.15, -0.1) is 0 Å². The lowest BCUT2D eigenvalue weighted by Crippen LogP contribution is -2.16. The van der Waals surface area contributed by atoms with Crippen LogP contribution in [0.1, 0.15) is 19.4 Å². The molecule has 0 saturated carbocycles. The van der Waals surface area contributed by atoms with Crippen LogP contribution in [0.15, 0.2) is 16.6 Å². The maximum atomic E-state index is 9.16. The first-order valence-electron chi connectivity index (χ1n) is 4.79. The van der Waals surface area contributed by atoms with Crippen molar-refractivity contribution in [2.45, 2.75) is 19.3 Å². The summed E-state index contributed by atoms with van der Waals surface area (Å²) in [7, 11) is 3.18. The Morgan fingerprint density at radius 2 is 1.88 bits per heavy atom. The van der Waals surface area contributed by atoms with Gasteiger partial charge in [0.1, 0.15) is 11.5 Å². The number of benzene rings is 1. The van der Waals surface area contributed by atoms with Crippen LogP contribution in [0, 0.1) is 11.3 Å². The van der Waals surface area contributed by atoms with Gasteiger partial charge in [-0.05, 0) is 19.9 Å². The van der Waals surface area contributed by atoms with E-state index in [0.717, 1.165) is 10.0 Å². The molecule has 0 spiro atoms. The lowest BCUT2D eigenvalue weighted by atomic mass is 9.85. The van der Waals surface area contributed by atoms with E-state index < -0.39 is 5.41 Å². The number of rotatable bonds is 3. The van der Waals surface area contributed by atoms with Crippen LogP contribution in [0.3, 0.4) is 0 Å². The highest BCUT2D eigenvalue weighted by atomic mass is 79.9. The molecule has 16 heavy (non-hydrogen) atoms. The SMILES string of the molecule is COc1cc(Br)c(C(C)(C)C#N)c(OC)c1. The number of nitriles is 1. The van der Waals surface area contributed by atoms with Crippen molar-refractivity contribution in [2.24, 2.45) is 0 Å². The van der Waals surface area contributed by atoms with Crippen molar-refractivity contribution < 1.29 is 9.47 Å². The highest BCUT2D eigenvalue weighted by Crippen LogP contribution is 2.40. The summed E-state index contributed by atoms with van der Waals surface area (Å²) in [6, 6.07) is 5.87. The number of hydrogen-bond acceptors (Lipinski definition) is 3. The zero-order valence-electron chi connectivity index (χ0n) is 9.80. The van der Waals surface area contributed by atoms with Gasteiger partial charge in [0.05, 0.1) is 25.7 Å². The van der Waals surface area contributed by atoms with Crippen LogP contribution in [0.2, 0.25) is 0 Å². The highest BCUT2D eigenvalue weighted by Gasteiger charge is 2.27.